The second-order valence-corrected chi connectivity index (χ2v) is 2.50. The van der Waals surface area contributed by atoms with Gasteiger partial charge >= 0.3 is 5.97 Å². The van der Waals surface area contributed by atoms with Gasteiger partial charge in [-0.15, -0.1) is 0 Å². The molecule has 0 aliphatic carbocycles. The van der Waals surface area contributed by atoms with Gasteiger partial charge in [0.05, 0.1) is 7.11 Å². The third-order valence-electron chi connectivity index (χ3n) is 1.53. The van der Waals surface area contributed by atoms with E-state index in [0.717, 1.165) is 18.5 Å². The summed E-state index contributed by atoms with van der Waals surface area (Å²) in [4.78, 5) is 17.7. The summed E-state index contributed by atoms with van der Waals surface area (Å²) in [5.74, 6) is -0.140. The van der Waals surface area contributed by atoms with E-state index >= 15 is 0 Å². The molecule has 1 aromatic heterocycles. The van der Waals surface area contributed by atoms with Gasteiger partial charge in [-0.25, -0.2) is 9.78 Å². The van der Waals surface area contributed by atoms with Crippen LogP contribution in [0.1, 0.15) is 29.7 Å². The van der Waals surface area contributed by atoms with Gasteiger partial charge in [0.15, 0.2) is 0 Å². The van der Waals surface area contributed by atoms with Crippen molar-refractivity contribution >= 4 is 5.97 Å². The zero-order valence-corrected chi connectivity index (χ0v) is 7.26. The maximum Gasteiger partial charge on any atom is 0.374 e. The molecule has 0 aliphatic rings. The van der Waals surface area contributed by atoms with Crippen molar-refractivity contribution in [2.24, 2.45) is 0 Å². The van der Waals surface area contributed by atoms with Gasteiger partial charge in [0.1, 0.15) is 0 Å². The summed E-state index contributed by atoms with van der Waals surface area (Å²) >= 11 is 0. The Kier molecular flexibility index (Phi) is 2.85. The first kappa shape index (κ1) is 8.77. The topological polar surface area (TPSA) is 55.0 Å². The number of carbonyl (C=O) groups is 1. The summed E-state index contributed by atoms with van der Waals surface area (Å²) in [6.07, 6.45) is 3.60. The molecule has 0 atom stereocenters. The van der Waals surface area contributed by atoms with Crippen LogP contribution in [0.4, 0.5) is 0 Å². The molecule has 1 rings (SSSR count). The van der Waals surface area contributed by atoms with E-state index in [4.69, 9.17) is 0 Å². The summed E-state index contributed by atoms with van der Waals surface area (Å²) in [5.41, 5.74) is 0.970. The van der Waals surface area contributed by atoms with E-state index in [1.54, 1.807) is 6.20 Å². The molecular weight excluding hydrogens is 156 g/mol. The molecule has 4 nitrogen and oxygen atoms in total. The monoisotopic (exact) mass is 168 g/mol. The molecule has 0 bridgehead atoms. The van der Waals surface area contributed by atoms with E-state index in [2.05, 4.69) is 21.6 Å². The van der Waals surface area contributed by atoms with Crippen LogP contribution in [0, 0.1) is 0 Å². The van der Waals surface area contributed by atoms with Gasteiger partial charge in [-0.2, -0.15) is 0 Å². The summed E-state index contributed by atoms with van der Waals surface area (Å²) in [7, 11) is 1.34. The van der Waals surface area contributed by atoms with Crippen LogP contribution in [-0.4, -0.2) is 23.0 Å². The molecule has 0 saturated heterocycles. The molecule has 1 N–H and O–H groups in total. The molecule has 0 radical (unpaired) electrons. The van der Waals surface area contributed by atoms with Gasteiger partial charge < -0.3 is 9.72 Å². The predicted molar refractivity (Wildman–Crippen MR) is 43.9 cm³/mol. The molecule has 12 heavy (non-hydrogen) atoms. The smallest absolute Gasteiger partial charge is 0.374 e. The van der Waals surface area contributed by atoms with Gasteiger partial charge in [-0.05, 0) is 6.42 Å². The van der Waals surface area contributed by atoms with Crippen molar-refractivity contribution in [2.75, 3.05) is 7.11 Å². The van der Waals surface area contributed by atoms with Crippen molar-refractivity contribution < 1.29 is 9.53 Å². The Morgan fingerprint density at radius 1 is 1.75 bits per heavy atom. The van der Waals surface area contributed by atoms with Gasteiger partial charge in [-0.3, -0.25) is 0 Å². The first-order valence-electron chi connectivity index (χ1n) is 3.90. The molecule has 66 valence electrons. The van der Waals surface area contributed by atoms with Gasteiger partial charge in [0.25, 0.3) is 0 Å². The largest absolute Gasteiger partial charge is 0.463 e. The number of ether oxygens (including phenoxy) is 1. The minimum absolute atomic E-state index is 0.279. The Labute approximate surface area is 71.0 Å². The van der Waals surface area contributed by atoms with Gasteiger partial charge in [0.2, 0.25) is 5.82 Å². The van der Waals surface area contributed by atoms with E-state index in [9.17, 15) is 4.79 Å². The summed E-state index contributed by atoms with van der Waals surface area (Å²) in [6, 6.07) is 0. The molecule has 0 saturated carbocycles. The number of H-pyrrole nitrogens is 1. The van der Waals surface area contributed by atoms with E-state index in [0.29, 0.717) is 0 Å². The molecule has 0 amide bonds. The number of imidazole rings is 1. The van der Waals surface area contributed by atoms with Crippen molar-refractivity contribution in [3.8, 4) is 0 Å². The van der Waals surface area contributed by atoms with Crippen LogP contribution in [-0.2, 0) is 11.2 Å². The predicted octanol–water partition coefficient (Wildman–Crippen LogP) is 1.15. The van der Waals surface area contributed by atoms with Crippen LogP contribution >= 0.6 is 0 Å². The SMILES string of the molecule is CCCc1cnc(C(=O)OC)[nH]1. The highest BCUT2D eigenvalue weighted by atomic mass is 16.5. The number of aromatic nitrogens is 2. The maximum atomic E-state index is 10.9. The summed E-state index contributed by atoms with van der Waals surface area (Å²) in [5, 5.41) is 0. The standard InChI is InChI=1S/C8H12N2O2/c1-3-4-6-5-9-7(10-6)8(11)12-2/h5H,3-4H2,1-2H3,(H,9,10). The number of hydrogen-bond donors (Lipinski definition) is 1. The van der Waals surface area contributed by atoms with Gasteiger partial charge in [-0.1, -0.05) is 13.3 Å². The highest BCUT2D eigenvalue weighted by Crippen LogP contribution is 2.01. The number of methoxy groups -OCH3 is 1. The third kappa shape index (κ3) is 1.84. The molecule has 1 aromatic rings. The Morgan fingerprint density at radius 3 is 3.08 bits per heavy atom. The zero-order valence-electron chi connectivity index (χ0n) is 7.26. The molecule has 4 heteroatoms. The number of aryl methyl sites for hydroxylation is 1. The minimum Gasteiger partial charge on any atom is -0.463 e. The molecule has 0 aliphatic heterocycles. The van der Waals surface area contributed by atoms with E-state index in [1.165, 1.54) is 7.11 Å². The molecule has 0 fully saturated rings. The highest BCUT2D eigenvalue weighted by molar-refractivity contribution is 5.85. The lowest BCUT2D eigenvalue weighted by Crippen LogP contribution is -2.03. The van der Waals surface area contributed by atoms with Crippen LogP contribution in [0.2, 0.25) is 0 Å². The molecule has 1 heterocycles. The average Bonchev–Trinajstić information content (AvgIpc) is 2.52. The van der Waals surface area contributed by atoms with Crippen LogP contribution in [0.25, 0.3) is 0 Å². The first-order valence-corrected chi connectivity index (χ1v) is 3.90. The average molecular weight is 168 g/mol. The number of hydrogen-bond acceptors (Lipinski definition) is 3. The molecule has 0 spiro atoms. The van der Waals surface area contributed by atoms with Crippen LogP contribution in [0.5, 0.6) is 0 Å². The fourth-order valence-corrected chi connectivity index (χ4v) is 0.956. The first-order chi connectivity index (χ1) is 5.77. The van der Waals surface area contributed by atoms with Crippen LogP contribution in [0.15, 0.2) is 6.20 Å². The fourth-order valence-electron chi connectivity index (χ4n) is 0.956. The van der Waals surface area contributed by atoms with Crippen molar-refractivity contribution in [2.45, 2.75) is 19.8 Å². The Bertz CT molecular complexity index is 268. The van der Waals surface area contributed by atoms with E-state index in [-0.39, 0.29) is 5.82 Å². The highest BCUT2D eigenvalue weighted by Gasteiger charge is 2.08. The zero-order chi connectivity index (χ0) is 8.97. The van der Waals surface area contributed by atoms with Crippen LogP contribution in [0.3, 0.4) is 0 Å². The number of carbonyl (C=O) groups excluding carboxylic acids is 1. The quantitative estimate of drug-likeness (QED) is 0.689. The second kappa shape index (κ2) is 3.90. The van der Waals surface area contributed by atoms with E-state index in [1.807, 2.05) is 0 Å². The molecule has 0 unspecified atom stereocenters. The number of aromatic amines is 1. The second-order valence-electron chi connectivity index (χ2n) is 2.50. The lowest BCUT2D eigenvalue weighted by Gasteiger charge is -1.92. The van der Waals surface area contributed by atoms with Crippen molar-refractivity contribution in [1.29, 1.82) is 0 Å². The number of nitrogens with one attached hydrogen (secondary N) is 1. The Morgan fingerprint density at radius 2 is 2.50 bits per heavy atom. The lowest BCUT2D eigenvalue weighted by atomic mass is 10.3. The maximum absolute atomic E-state index is 10.9. The third-order valence-corrected chi connectivity index (χ3v) is 1.53. The van der Waals surface area contributed by atoms with E-state index < -0.39 is 5.97 Å². The number of nitrogens with zero attached hydrogens (tertiary/aromatic N) is 1. The van der Waals surface area contributed by atoms with Crippen molar-refractivity contribution in [3.63, 3.8) is 0 Å². The molecular formula is C8H12N2O2. The normalized spacial score (nSPS) is 9.83. The summed E-state index contributed by atoms with van der Waals surface area (Å²) in [6.45, 7) is 2.07. The van der Waals surface area contributed by atoms with Crippen LogP contribution < -0.4 is 0 Å². The summed E-state index contributed by atoms with van der Waals surface area (Å²) < 4.78 is 4.50. The Hall–Kier alpha value is -1.32. The molecule has 0 aromatic carbocycles. The Balaban J connectivity index is 2.70. The minimum atomic E-state index is -0.419. The van der Waals surface area contributed by atoms with Crippen molar-refractivity contribution in [1.82, 2.24) is 9.97 Å². The fraction of sp³-hybridized carbons (Fsp3) is 0.500. The number of esters is 1. The van der Waals surface area contributed by atoms with Crippen molar-refractivity contribution in [3.05, 3.63) is 17.7 Å². The lowest BCUT2D eigenvalue weighted by molar-refractivity contribution is 0.0588. The number of rotatable bonds is 3. The van der Waals surface area contributed by atoms with Gasteiger partial charge in [0, 0.05) is 11.9 Å².